The third kappa shape index (κ3) is 3.34. The highest BCUT2D eigenvalue weighted by Crippen LogP contribution is 2.27. The summed E-state index contributed by atoms with van der Waals surface area (Å²) in [5.74, 6) is 0.305. The number of aryl methyl sites for hydroxylation is 1. The first-order valence-electron chi connectivity index (χ1n) is 5.94. The van der Waals surface area contributed by atoms with Crippen molar-refractivity contribution in [1.82, 2.24) is 0 Å². The number of hydrogen-bond donors (Lipinski definition) is 1. The molecule has 1 heterocycles. The number of para-hydroxylation sites is 1. The molecule has 0 spiro atoms. The minimum Gasteiger partial charge on any atom is -0.458 e. The fraction of sp³-hybridized carbons (Fsp3) is 0.385. The highest BCUT2D eigenvalue weighted by atomic mass is 32.2. The molecule has 1 aromatic carbocycles. The van der Waals surface area contributed by atoms with Gasteiger partial charge in [0.2, 0.25) is 0 Å². The van der Waals surface area contributed by atoms with E-state index in [0.717, 1.165) is 29.2 Å². The molecule has 0 aliphatic heterocycles. The quantitative estimate of drug-likeness (QED) is 0.850. The second-order valence-electron chi connectivity index (χ2n) is 4.34. The molecular formula is C13H16O5S. The Morgan fingerprint density at radius 3 is 2.79 bits per heavy atom. The Labute approximate surface area is 111 Å². The number of furan rings is 1. The number of aliphatic hydroxyl groups is 1. The first-order chi connectivity index (χ1) is 8.90. The average molecular weight is 284 g/mol. The van der Waals surface area contributed by atoms with Gasteiger partial charge in [0, 0.05) is 5.39 Å². The average Bonchev–Trinajstić information content (AvgIpc) is 2.78. The van der Waals surface area contributed by atoms with Crippen molar-refractivity contribution in [3.63, 3.8) is 0 Å². The molecule has 2 rings (SSSR count). The molecule has 0 fully saturated rings. The van der Waals surface area contributed by atoms with E-state index in [2.05, 4.69) is 4.18 Å². The van der Waals surface area contributed by atoms with Crippen molar-refractivity contribution in [2.24, 2.45) is 0 Å². The van der Waals surface area contributed by atoms with Crippen LogP contribution in [0.3, 0.4) is 0 Å². The smallest absolute Gasteiger partial charge is 0.264 e. The molecule has 0 amide bonds. The Kier molecular flexibility index (Phi) is 3.93. The lowest BCUT2D eigenvalue weighted by Gasteiger charge is -2.06. The van der Waals surface area contributed by atoms with E-state index in [-0.39, 0.29) is 6.61 Å². The van der Waals surface area contributed by atoms with Crippen molar-refractivity contribution >= 4 is 21.1 Å². The Hall–Kier alpha value is -1.37. The summed E-state index contributed by atoms with van der Waals surface area (Å²) in [5, 5.41) is 10.7. The zero-order valence-corrected chi connectivity index (χ0v) is 11.6. The van der Waals surface area contributed by atoms with Crippen LogP contribution in [0, 0.1) is 0 Å². The molecular weight excluding hydrogens is 268 g/mol. The van der Waals surface area contributed by atoms with E-state index in [0.29, 0.717) is 5.76 Å². The summed E-state index contributed by atoms with van der Waals surface area (Å²) >= 11 is 0. The van der Waals surface area contributed by atoms with Crippen LogP contribution in [0.2, 0.25) is 0 Å². The molecule has 6 heteroatoms. The maximum Gasteiger partial charge on any atom is 0.264 e. The zero-order valence-electron chi connectivity index (χ0n) is 10.8. The maximum atomic E-state index is 10.9. The lowest BCUT2D eigenvalue weighted by molar-refractivity contribution is 0.0937. The van der Waals surface area contributed by atoms with Gasteiger partial charge < -0.3 is 9.52 Å². The van der Waals surface area contributed by atoms with Gasteiger partial charge in [-0.25, -0.2) is 0 Å². The number of benzene rings is 1. The van der Waals surface area contributed by atoms with Crippen molar-refractivity contribution in [1.29, 1.82) is 0 Å². The lowest BCUT2D eigenvalue weighted by Crippen LogP contribution is -2.11. The Bertz CT molecular complexity index is 671. The molecule has 0 aliphatic rings. The number of aliphatic hydroxyl groups excluding tert-OH is 1. The van der Waals surface area contributed by atoms with Gasteiger partial charge >= 0.3 is 0 Å². The molecule has 0 bridgehead atoms. The summed E-state index contributed by atoms with van der Waals surface area (Å²) in [6.45, 7) is 1.67. The normalized spacial score (nSPS) is 13.8. The van der Waals surface area contributed by atoms with Crippen LogP contribution < -0.4 is 0 Å². The summed E-state index contributed by atoms with van der Waals surface area (Å²) in [5.41, 5.74) is 1.76. The fourth-order valence-electron chi connectivity index (χ4n) is 1.86. The molecule has 0 aliphatic carbocycles. The van der Waals surface area contributed by atoms with Crippen LogP contribution in [-0.4, -0.2) is 26.4 Å². The van der Waals surface area contributed by atoms with Crippen molar-refractivity contribution in [3.05, 3.63) is 35.6 Å². The molecule has 0 saturated carbocycles. The predicted molar refractivity (Wildman–Crippen MR) is 71.3 cm³/mol. The van der Waals surface area contributed by atoms with Crippen LogP contribution in [0.25, 0.3) is 11.0 Å². The predicted octanol–water partition coefficient (Wildman–Crippen LogP) is 2.00. The van der Waals surface area contributed by atoms with Crippen LogP contribution in [0.5, 0.6) is 0 Å². The minimum absolute atomic E-state index is 0.305. The third-order valence-electron chi connectivity index (χ3n) is 2.79. The van der Waals surface area contributed by atoms with E-state index in [4.69, 9.17) is 4.42 Å². The Balaban J connectivity index is 2.26. The van der Waals surface area contributed by atoms with Crippen molar-refractivity contribution < 1.29 is 22.1 Å². The van der Waals surface area contributed by atoms with Crippen molar-refractivity contribution in [3.8, 4) is 0 Å². The second-order valence-corrected chi connectivity index (χ2v) is 5.99. The highest BCUT2D eigenvalue weighted by Gasteiger charge is 2.17. The molecule has 1 aromatic heterocycles. The van der Waals surface area contributed by atoms with E-state index >= 15 is 0 Å². The van der Waals surface area contributed by atoms with Crippen LogP contribution in [0.4, 0.5) is 0 Å². The van der Waals surface area contributed by atoms with Crippen molar-refractivity contribution in [2.45, 2.75) is 19.4 Å². The van der Waals surface area contributed by atoms with Crippen LogP contribution in [0.1, 0.15) is 24.4 Å². The molecule has 0 radical (unpaired) electrons. The molecule has 5 nitrogen and oxygen atoms in total. The van der Waals surface area contributed by atoms with Gasteiger partial charge in [-0.05, 0) is 18.1 Å². The molecule has 2 aromatic rings. The monoisotopic (exact) mass is 284 g/mol. The van der Waals surface area contributed by atoms with E-state index in [1.807, 2.05) is 25.1 Å². The molecule has 1 N–H and O–H groups in total. The molecule has 19 heavy (non-hydrogen) atoms. The molecule has 0 saturated heterocycles. The van der Waals surface area contributed by atoms with Gasteiger partial charge in [-0.15, -0.1) is 0 Å². The van der Waals surface area contributed by atoms with E-state index in [9.17, 15) is 13.5 Å². The van der Waals surface area contributed by atoms with E-state index in [1.54, 1.807) is 6.07 Å². The topological polar surface area (TPSA) is 76.7 Å². The minimum atomic E-state index is -3.57. The fourth-order valence-corrected chi connectivity index (χ4v) is 2.23. The van der Waals surface area contributed by atoms with Gasteiger partial charge in [-0.2, -0.15) is 8.42 Å². The zero-order chi connectivity index (χ0) is 14.0. The van der Waals surface area contributed by atoms with E-state index in [1.165, 1.54) is 0 Å². The van der Waals surface area contributed by atoms with Gasteiger partial charge in [-0.1, -0.05) is 25.1 Å². The lowest BCUT2D eigenvalue weighted by atomic mass is 10.1. The second kappa shape index (κ2) is 5.32. The van der Waals surface area contributed by atoms with Gasteiger partial charge in [0.25, 0.3) is 10.1 Å². The van der Waals surface area contributed by atoms with Crippen LogP contribution in [-0.2, 0) is 20.7 Å². The molecule has 0 unspecified atom stereocenters. The standard InChI is InChI=1S/C13H16O5S/c1-3-9-5-4-6-10-7-12(18-13(9)10)11(14)8-17-19(2,15)16/h4-7,11,14H,3,8H2,1-2H3/t11-/m1/s1. The summed E-state index contributed by atoms with van der Waals surface area (Å²) in [6, 6.07) is 7.45. The van der Waals surface area contributed by atoms with E-state index < -0.39 is 16.2 Å². The molecule has 104 valence electrons. The summed E-state index contributed by atoms with van der Waals surface area (Å²) in [6.07, 6.45) is 0.653. The van der Waals surface area contributed by atoms with Gasteiger partial charge in [0.1, 0.15) is 17.4 Å². The summed E-state index contributed by atoms with van der Waals surface area (Å²) in [4.78, 5) is 0. The maximum absolute atomic E-state index is 10.9. The molecule has 1 atom stereocenters. The van der Waals surface area contributed by atoms with Gasteiger partial charge in [0.05, 0.1) is 12.9 Å². The van der Waals surface area contributed by atoms with Crippen LogP contribution in [0.15, 0.2) is 28.7 Å². The third-order valence-corrected chi connectivity index (χ3v) is 3.36. The number of fused-ring (bicyclic) bond motifs is 1. The highest BCUT2D eigenvalue weighted by molar-refractivity contribution is 7.85. The Morgan fingerprint density at radius 1 is 1.42 bits per heavy atom. The first-order valence-corrected chi connectivity index (χ1v) is 7.76. The Morgan fingerprint density at radius 2 is 2.16 bits per heavy atom. The number of hydrogen-bond acceptors (Lipinski definition) is 5. The summed E-state index contributed by atoms with van der Waals surface area (Å²) < 4.78 is 31.9. The van der Waals surface area contributed by atoms with Crippen LogP contribution >= 0.6 is 0 Å². The van der Waals surface area contributed by atoms with Gasteiger partial charge in [0.15, 0.2) is 0 Å². The largest absolute Gasteiger partial charge is 0.458 e. The summed E-state index contributed by atoms with van der Waals surface area (Å²) in [7, 11) is -3.57. The number of rotatable bonds is 5. The van der Waals surface area contributed by atoms with Crippen molar-refractivity contribution in [2.75, 3.05) is 12.9 Å². The first kappa shape index (κ1) is 14.0. The SMILES string of the molecule is CCc1cccc2cc([C@H](O)COS(C)(=O)=O)oc12. The van der Waals surface area contributed by atoms with Gasteiger partial charge in [-0.3, -0.25) is 4.18 Å².